The summed E-state index contributed by atoms with van der Waals surface area (Å²) in [5.74, 6) is 0.343. The average molecular weight is 292 g/mol. The number of rotatable bonds is 5. The van der Waals surface area contributed by atoms with Crippen LogP contribution in [0.3, 0.4) is 0 Å². The summed E-state index contributed by atoms with van der Waals surface area (Å²) in [5, 5.41) is 7.02. The smallest absolute Gasteiger partial charge is 0.257 e. The first-order valence-corrected chi connectivity index (χ1v) is 7.59. The Bertz CT molecular complexity index is 524. The van der Waals surface area contributed by atoms with E-state index in [1.165, 1.54) is 0 Å². The number of hydrogen-bond acceptors (Lipinski definition) is 3. The van der Waals surface area contributed by atoms with Gasteiger partial charge in [-0.3, -0.25) is 14.3 Å². The Labute approximate surface area is 125 Å². The minimum atomic E-state index is 0.0364. The van der Waals surface area contributed by atoms with Crippen molar-refractivity contribution >= 4 is 11.8 Å². The van der Waals surface area contributed by atoms with E-state index in [0.717, 1.165) is 31.6 Å². The fraction of sp³-hybridized carbons (Fsp3) is 0.667. The van der Waals surface area contributed by atoms with Gasteiger partial charge < -0.3 is 10.2 Å². The van der Waals surface area contributed by atoms with Crippen LogP contribution < -0.4 is 5.32 Å². The first kappa shape index (κ1) is 15.5. The maximum Gasteiger partial charge on any atom is 0.257 e. The van der Waals surface area contributed by atoms with E-state index in [1.54, 1.807) is 7.05 Å². The summed E-state index contributed by atoms with van der Waals surface area (Å²) < 4.78 is 1.83. The summed E-state index contributed by atoms with van der Waals surface area (Å²) in [4.78, 5) is 25.8. The van der Waals surface area contributed by atoms with Gasteiger partial charge in [-0.1, -0.05) is 6.92 Å². The molecule has 0 spiro atoms. The number of amides is 2. The van der Waals surface area contributed by atoms with Gasteiger partial charge in [0, 0.05) is 39.3 Å². The number of hydrogen-bond donors (Lipinski definition) is 1. The summed E-state index contributed by atoms with van der Waals surface area (Å²) in [6, 6.07) is 0. The van der Waals surface area contributed by atoms with E-state index in [-0.39, 0.29) is 17.7 Å². The molecule has 1 saturated heterocycles. The predicted molar refractivity (Wildman–Crippen MR) is 79.9 cm³/mol. The highest BCUT2D eigenvalue weighted by atomic mass is 16.2. The number of carbonyl (C=O) groups is 2. The zero-order valence-corrected chi connectivity index (χ0v) is 13.1. The van der Waals surface area contributed by atoms with E-state index in [0.29, 0.717) is 18.5 Å². The second-order valence-corrected chi connectivity index (χ2v) is 5.67. The molecule has 0 aromatic carbocycles. The maximum atomic E-state index is 12.6. The quantitative estimate of drug-likeness (QED) is 0.886. The third-order valence-electron chi connectivity index (χ3n) is 3.96. The molecule has 1 N–H and O–H groups in total. The van der Waals surface area contributed by atoms with Gasteiger partial charge in [0.25, 0.3) is 5.91 Å². The Morgan fingerprint density at radius 3 is 2.90 bits per heavy atom. The molecule has 0 aliphatic carbocycles. The summed E-state index contributed by atoms with van der Waals surface area (Å²) in [6.45, 7) is 6.16. The second kappa shape index (κ2) is 6.74. The predicted octanol–water partition coefficient (Wildman–Crippen LogP) is 1.20. The molecule has 1 atom stereocenters. The molecule has 1 aromatic rings. The van der Waals surface area contributed by atoms with E-state index < -0.39 is 0 Å². The number of likely N-dealkylation sites (tertiary alicyclic amines) is 1. The highest BCUT2D eigenvalue weighted by Crippen LogP contribution is 2.22. The van der Waals surface area contributed by atoms with Gasteiger partial charge in [0.05, 0.1) is 11.3 Å². The fourth-order valence-corrected chi connectivity index (χ4v) is 2.79. The van der Waals surface area contributed by atoms with Crippen LogP contribution in [0.15, 0.2) is 6.20 Å². The lowest BCUT2D eigenvalue weighted by atomic mass is 10.0. The minimum Gasteiger partial charge on any atom is -0.359 e. The van der Waals surface area contributed by atoms with E-state index in [2.05, 4.69) is 17.3 Å². The SMILES string of the molecule is CCCn1cc(C(=O)N2CC[C@H](CC(=O)NC)C2)c(C)n1. The fourth-order valence-electron chi connectivity index (χ4n) is 2.79. The van der Waals surface area contributed by atoms with Crippen LogP contribution in [0.4, 0.5) is 0 Å². The maximum absolute atomic E-state index is 12.6. The monoisotopic (exact) mass is 292 g/mol. The lowest BCUT2D eigenvalue weighted by molar-refractivity contribution is -0.121. The highest BCUT2D eigenvalue weighted by molar-refractivity contribution is 5.95. The lowest BCUT2D eigenvalue weighted by Crippen LogP contribution is -2.30. The number of aromatic nitrogens is 2. The van der Waals surface area contributed by atoms with Crippen molar-refractivity contribution in [3.05, 3.63) is 17.5 Å². The van der Waals surface area contributed by atoms with Crippen molar-refractivity contribution in [2.45, 2.75) is 39.7 Å². The molecule has 2 amide bonds. The minimum absolute atomic E-state index is 0.0364. The number of carbonyl (C=O) groups excluding carboxylic acids is 2. The summed E-state index contributed by atoms with van der Waals surface area (Å²) in [6.07, 6.45) is 4.22. The molecule has 0 bridgehead atoms. The van der Waals surface area contributed by atoms with Crippen LogP contribution >= 0.6 is 0 Å². The Hall–Kier alpha value is -1.85. The average Bonchev–Trinajstić information content (AvgIpc) is 3.05. The van der Waals surface area contributed by atoms with Crippen LogP contribution in [0.25, 0.3) is 0 Å². The van der Waals surface area contributed by atoms with Gasteiger partial charge in [0.2, 0.25) is 5.91 Å². The van der Waals surface area contributed by atoms with Crippen LogP contribution in [0, 0.1) is 12.8 Å². The van der Waals surface area contributed by atoms with E-state index in [1.807, 2.05) is 22.7 Å². The van der Waals surface area contributed by atoms with Gasteiger partial charge in [-0.25, -0.2) is 0 Å². The third kappa shape index (κ3) is 3.62. The van der Waals surface area contributed by atoms with Crippen molar-refractivity contribution in [3.8, 4) is 0 Å². The van der Waals surface area contributed by atoms with Crippen molar-refractivity contribution in [3.63, 3.8) is 0 Å². The standard InChI is InChI=1S/C15H24N4O2/c1-4-6-19-10-13(11(2)17-19)15(21)18-7-5-12(9-18)8-14(20)16-3/h10,12H,4-9H2,1-3H3,(H,16,20)/t12-/m1/s1. The van der Waals surface area contributed by atoms with Crippen LogP contribution in [0.1, 0.15) is 42.2 Å². The molecule has 1 aliphatic heterocycles. The third-order valence-corrected chi connectivity index (χ3v) is 3.96. The molecule has 1 aromatic heterocycles. The second-order valence-electron chi connectivity index (χ2n) is 5.67. The van der Waals surface area contributed by atoms with Crippen LogP contribution in [-0.4, -0.2) is 46.6 Å². The molecule has 0 radical (unpaired) electrons. The van der Waals surface area contributed by atoms with Crippen molar-refractivity contribution < 1.29 is 9.59 Å². The molecule has 2 rings (SSSR count). The van der Waals surface area contributed by atoms with Crippen LogP contribution in [-0.2, 0) is 11.3 Å². The molecule has 6 heteroatoms. The van der Waals surface area contributed by atoms with Crippen molar-refractivity contribution in [2.24, 2.45) is 5.92 Å². The van der Waals surface area contributed by atoms with E-state index in [9.17, 15) is 9.59 Å². The van der Waals surface area contributed by atoms with Gasteiger partial charge in [-0.05, 0) is 25.7 Å². The lowest BCUT2D eigenvalue weighted by Gasteiger charge is -2.15. The van der Waals surface area contributed by atoms with E-state index >= 15 is 0 Å². The molecule has 0 unspecified atom stereocenters. The van der Waals surface area contributed by atoms with Gasteiger partial charge in [0.15, 0.2) is 0 Å². The number of aryl methyl sites for hydroxylation is 2. The van der Waals surface area contributed by atoms with E-state index in [4.69, 9.17) is 0 Å². The molecule has 6 nitrogen and oxygen atoms in total. The van der Waals surface area contributed by atoms with Gasteiger partial charge in [-0.15, -0.1) is 0 Å². The summed E-state index contributed by atoms with van der Waals surface area (Å²) in [7, 11) is 1.64. The van der Waals surface area contributed by atoms with Crippen LogP contribution in [0.5, 0.6) is 0 Å². The first-order valence-electron chi connectivity index (χ1n) is 7.59. The molecule has 116 valence electrons. The molecule has 0 saturated carbocycles. The van der Waals surface area contributed by atoms with Crippen molar-refractivity contribution in [1.29, 1.82) is 0 Å². The molecular formula is C15H24N4O2. The first-order chi connectivity index (χ1) is 10.0. The Kier molecular flexibility index (Phi) is 4.98. The molecule has 1 fully saturated rings. The zero-order chi connectivity index (χ0) is 15.4. The normalized spacial score (nSPS) is 18.0. The Morgan fingerprint density at radius 1 is 1.48 bits per heavy atom. The molecular weight excluding hydrogens is 268 g/mol. The van der Waals surface area contributed by atoms with Crippen molar-refractivity contribution in [2.75, 3.05) is 20.1 Å². The Morgan fingerprint density at radius 2 is 2.24 bits per heavy atom. The van der Waals surface area contributed by atoms with Gasteiger partial charge in [-0.2, -0.15) is 5.10 Å². The zero-order valence-electron chi connectivity index (χ0n) is 13.1. The topological polar surface area (TPSA) is 67.2 Å². The number of nitrogens with zero attached hydrogens (tertiary/aromatic N) is 3. The van der Waals surface area contributed by atoms with Gasteiger partial charge >= 0.3 is 0 Å². The molecule has 21 heavy (non-hydrogen) atoms. The number of nitrogens with one attached hydrogen (secondary N) is 1. The molecule has 2 heterocycles. The van der Waals surface area contributed by atoms with Crippen LogP contribution in [0.2, 0.25) is 0 Å². The highest BCUT2D eigenvalue weighted by Gasteiger charge is 2.29. The largest absolute Gasteiger partial charge is 0.359 e. The van der Waals surface area contributed by atoms with Gasteiger partial charge in [0.1, 0.15) is 0 Å². The van der Waals surface area contributed by atoms with Crippen molar-refractivity contribution in [1.82, 2.24) is 20.0 Å². The summed E-state index contributed by atoms with van der Waals surface area (Å²) in [5.41, 5.74) is 1.47. The Balaban J connectivity index is 1.99. The molecule has 1 aliphatic rings. The summed E-state index contributed by atoms with van der Waals surface area (Å²) >= 11 is 0.